The summed E-state index contributed by atoms with van der Waals surface area (Å²) in [5.41, 5.74) is 12.7. The van der Waals surface area contributed by atoms with Crippen LogP contribution in [-0.4, -0.2) is 112 Å². The van der Waals surface area contributed by atoms with Crippen LogP contribution < -0.4 is 32.7 Å². The largest absolute Gasteiger partial charge is 0.394 e. The summed E-state index contributed by atoms with van der Waals surface area (Å²) in [5, 5.41) is 23.3. The smallest absolute Gasteiger partial charge is 0.248 e. The molecule has 16 nitrogen and oxygen atoms in total. The van der Waals surface area contributed by atoms with Gasteiger partial charge in [-0.15, -0.1) is 11.3 Å². The number of nitrogens with zero attached hydrogens (tertiary/aromatic N) is 3. The van der Waals surface area contributed by atoms with E-state index in [1.54, 1.807) is 17.0 Å². The summed E-state index contributed by atoms with van der Waals surface area (Å²) in [6.45, 7) is 0.930. The number of guanidine groups is 1. The molecule has 9 N–H and O–H groups in total. The lowest BCUT2D eigenvalue weighted by Gasteiger charge is -2.42. The summed E-state index contributed by atoms with van der Waals surface area (Å²) < 4.78 is 0. The number of carbonyl (C=O) groups is 6. The molecule has 3 aliphatic heterocycles. The van der Waals surface area contributed by atoms with Gasteiger partial charge in [-0.2, -0.15) is 0 Å². The number of aliphatic imine (C=N–C) groups is 1. The van der Waals surface area contributed by atoms with E-state index in [2.05, 4.69) is 26.3 Å². The molecule has 6 amide bonds. The molecule has 4 heterocycles. The Morgan fingerprint density at radius 2 is 1.55 bits per heavy atom. The number of hydrogen-bond donors (Lipinski definition) is 7. The lowest BCUT2D eigenvalue weighted by molar-refractivity contribution is -0.153. The van der Waals surface area contributed by atoms with Gasteiger partial charge in [0.15, 0.2) is 5.96 Å². The van der Waals surface area contributed by atoms with Crippen LogP contribution in [0.3, 0.4) is 0 Å². The highest BCUT2D eigenvalue weighted by molar-refractivity contribution is 7.09. The monoisotopic (exact) mass is 777 g/mol. The van der Waals surface area contributed by atoms with E-state index < -0.39 is 78.3 Å². The molecular weight excluding hydrogens is 727 g/mol. The summed E-state index contributed by atoms with van der Waals surface area (Å²) >= 11 is 1.38. The number of nitrogens with two attached hydrogens (primary N) is 2. The molecule has 2 saturated heterocycles. The lowest BCUT2D eigenvalue weighted by Crippen LogP contribution is -2.64. The summed E-state index contributed by atoms with van der Waals surface area (Å²) in [7, 11) is 0. The van der Waals surface area contributed by atoms with Gasteiger partial charge in [-0.3, -0.25) is 33.8 Å². The number of amides is 6. The average Bonchev–Trinajstić information content (AvgIpc) is 3.84. The molecule has 4 aliphatic rings. The van der Waals surface area contributed by atoms with Crippen molar-refractivity contribution in [3.8, 4) is 0 Å². The first kappa shape index (κ1) is 39.7. The fourth-order valence-electron chi connectivity index (χ4n) is 8.37. The Morgan fingerprint density at radius 3 is 2.27 bits per heavy atom. The van der Waals surface area contributed by atoms with Crippen LogP contribution in [0.4, 0.5) is 0 Å². The van der Waals surface area contributed by atoms with Crippen molar-refractivity contribution in [2.24, 2.45) is 22.4 Å². The van der Waals surface area contributed by atoms with E-state index in [1.807, 2.05) is 29.6 Å². The lowest BCUT2D eigenvalue weighted by atomic mass is 9.84. The first-order chi connectivity index (χ1) is 26.4. The minimum atomic E-state index is -1.44. The average molecular weight is 778 g/mol. The Kier molecular flexibility index (Phi) is 12.7. The number of aliphatic hydroxyl groups is 1. The van der Waals surface area contributed by atoms with Crippen molar-refractivity contribution in [1.82, 2.24) is 31.1 Å². The number of thiophene rings is 1. The van der Waals surface area contributed by atoms with E-state index in [-0.39, 0.29) is 50.3 Å². The summed E-state index contributed by atoms with van der Waals surface area (Å²) in [6, 6.07) is 4.01. The first-order valence-corrected chi connectivity index (χ1v) is 19.9. The fraction of sp³-hybridized carbons (Fsp3) is 0.553. The van der Waals surface area contributed by atoms with Gasteiger partial charge in [0.1, 0.15) is 36.3 Å². The minimum Gasteiger partial charge on any atom is -0.394 e. The molecule has 1 aliphatic carbocycles. The van der Waals surface area contributed by atoms with E-state index in [1.165, 1.54) is 23.2 Å². The highest BCUT2D eigenvalue weighted by atomic mass is 32.1. The zero-order chi connectivity index (χ0) is 39.2. The third kappa shape index (κ3) is 9.10. The molecule has 1 aromatic carbocycles. The maximum Gasteiger partial charge on any atom is 0.248 e. The Balaban J connectivity index is 1.39. The number of rotatable bonds is 7. The van der Waals surface area contributed by atoms with Crippen LogP contribution in [0.2, 0.25) is 0 Å². The molecule has 2 aromatic rings. The van der Waals surface area contributed by atoms with Crippen LogP contribution in [0.15, 0.2) is 46.8 Å². The van der Waals surface area contributed by atoms with Crippen molar-refractivity contribution in [3.05, 3.63) is 57.8 Å². The second-order valence-electron chi connectivity index (χ2n) is 14.9. The van der Waals surface area contributed by atoms with Crippen LogP contribution in [0.5, 0.6) is 0 Å². The molecule has 296 valence electrons. The Hall–Kier alpha value is -5.03. The van der Waals surface area contributed by atoms with Crippen molar-refractivity contribution in [2.75, 3.05) is 13.2 Å². The standard InChI is InChI=1S/C38H51N9O7S/c1-21-32(49)44-27(18-25-11-7-15-55-25)34(51)45-28(20-48)36(53)46-19-24-10-3-2-8-22(24)16-31(46)37(54)47-29-13-5-4-9-23(29)17-30(47)35(52)43-26(33(50)42-21)12-6-14-41-38(39)40/h2-3,7-8,10-11,15,21,23,26-31,48H,4-6,9,12-14,16-20H2,1H3,(H,42,50)(H,43,52)(H,44,49)(H,45,51)(H4,39,40,41)/t21-,23?,26-,27-,28-,29?,30-,31+/m0/s1. The topological polar surface area (TPSA) is 242 Å². The Morgan fingerprint density at radius 1 is 0.836 bits per heavy atom. The van der Waals surface area contributed by atoms with Crippen molar-refractivity contribution in [3.63, 3.8) is 0 Å². The van der Waals surface area contributed by atoms with E-state index in [9.17, 15) is 29.1 Å². The molecule has 0 spiro atoms. The van der Waals surface area contributed by atoms with Crippen LogP contribution >= 0.6 is 11.3 Å². The third-order valence-electron chi connectivity index (χ3n) is 11.2. The normalized spacial score (nSPS) is 29.3. The number of fused-ring (bicyclic) bond motifs is 5. The van der Waals surface area contributed by atoms with Crippen molar-refractivity contribution in [1.29, 1.82) is 0 Å². The fourth-order valence-corrected chi connectivity index (χ4v) is 9.12. The summed E-state index contributed by atoms with van der Waals surface area (Å²) in [4.78, 5) is 93.1. The molecule has 3 fully saturated rings. The maximum atomic E-state index is 15.0. The number of hydrogen-bond acceptors (Lipinski definition) is 9. The van der Waals surface area contributed by atoms with Gasteiger partial charge in [0.05, 0.1) is 6.61 Å². The van der Waals surface area contributed by atoms with Gasteiger partial charge in [0.2, 0.25) is 35.4 Å². The summed E-state index contributed by atoms with van der Waals surface area (Å²) in [5.74, 6) is -3.65. The van der Waals surface area contributed by atoms with Crippen LogP contribution in [0, 0.1) is 5.92 Å². The maximum absolute atomic E-state index is 15.0. The quantitative estimate of drug-likeness (QED) is 0.108. The predicted octanol–water partition coefficient (Wildman–Crippen LogP) is -0.578. The van der Waals surface area contributed by atoms with Gasteiger partial charge >= 0.3 is 0 Å². The molecule has 8 atom stereocenters. The third-order valence-corrected chi connectivity index (χ3v) is 12.1. The van der Waals surface area contributed by atoms with Gasteiger partial charge in [-0.05, 0) is 67.5 Å². The van der Waals surface area contributed by atoms with E-state index in [0.29, 0.717) is 19.3 Å². The van der Waals surface area contributed by atoms with Crippen LogP contribution in [0.25, 0.3) is 0 Å². The SMILES string of the molecule is C[C@@H]1NC(=O)[C@H](CCCN=C(N)N)NC(=O)[C@@H]2CC3CCCCC3N2C(=O)[C@H]2Cc3ccccc3CN2C(=O)[C@H](CO)NC(=O)[C@H](Cc2cccs2)NC1=O. The van der Waals surface area contributed by atoms with E-state index in [4.69, 9.17) is 11.5 Å². The highest BCUT2D eigenvalue weighted by Gasteiger charge is 2.51. The van der Waals surface area contributed by atoms with Gasteiger partial charge in [-0.25, -0.2) is 0 Å². The van der Waals surface area contributed by atoms with Gasteiger partial charge in [-0.1, -0.05) is 43.2 Å². The van der Waals surface area contributed by atoms with Gasteiger partial charge in [0, 0.05) is 36.9 Å². The zero-order valence-electron chi connectivity index (χ0n) is 30.9. The Bertz CT molecular complexity index is 1780. The summed E-state index contributed by atoms with van der Waals surface area (Å²) in [6.07, 6.45) is 4.43. The number of aliphatic hydroxyl groups excluding tert-OH is 1. The molecular formula is C38H51N9O7S. The molecule has 0 radical (unpaired) electrons. The number of nitrogens with one attached hydrogen (secondary N) is 4. The molecule has 1 aromatic heterocycles. The number of benzene rings is 1. The van der Waals surface area contributed by atoms with Crippen LogP contribution in [-0.2, 0) is 48.2 Å². The Labute approximate surface area is 323 Å². The molecule has 55 heavy (non-hydrogen) atoms. The second kappa shape index (κ2) is 17.6. The first-order valence-electron chi connectivity index (χ1n) is 19.0. The van der Waals surface area contributed by atoms with Gasteiger partial charge < -0.3 is 47.6 Å². The number of carbonyl (C=O) groups excluding carboxylic acids is 6. The minimum absolute atomic E-state index is 0.0432. The second-order valence-corrected chi connectivity index (χ2v) is 15.9. The van der Waals surface area contributed by atoms with Crippen molar-refractivity contribution < 1.29 is 33.9 Å². The highest BCUT2D eigenvalue weighted by Crippen LogP contribution is 2.41. The predicted molar refractivity (Wildman–Crippen MR) is 204 cm³/mol. The molecule has 17 heteroatoms. The zero-order valence-corrected chi connectivity index (χ0v) is 31.8. The molecule has 1 saturated carbocycles. The molecule has 0 bridgehead atoms. The van der Waals surface area contributed by atoms with E-state index in [0.717, 1.165) is 35.3 Å². The van der Waals surface area contributed by atoms with E-state index >= 15 is 4.79 Å². The molecule has 6 rings (SSSR count). The van der Waals surface area contributed by atoms with Crippen molar-refractivity contribution in [2.45, 2.75) is 114 Å². The molecule has 2 unspecified atom stereocenters. The van der Waals surface area contributed by atoms with Gasteiger partial charge in [0.25, 0.3) is 0 Å². The van der Waals surface area contributed by atoms with Crippen molar-refractivity contribution >= 4 is 52.7 Å². The van der Waals surface area contributed by atoms with Crippen LogP contribution in [0.1, 0.15) is 67.9 Å².